The van der Waals surface area contributed by atoms with Crippen LogP contribution in [0.3, 0.4) is 0 Å². The summed E-state index contributed by atoms with van der Waals surface area (Å²) in [5, 5.41) is -0.126. The molecule has 0 N–H and O–H groups in total. The number of likely N-dealkylation sites (tertiary alicyclic amines) is 1. The van der Waals surface area contributed by atoms with Gasteiger partial charge in [-0.1, -0.05) is 6.07 Å². The van der Waals surface area contributed by atoms with Gasteiger partial charge in [0.15, 0.2) is 0 Å². The summed E-state index contributed by atoms with van der Waals surface area (Å²) >= 11 is 5.84. The van der Waals surface area contributed by atoms with Crippen molar-refractivity contribution >= 4 is 17.5 Å². The number of nitrogens with zero attached hydrogens (tertiary/aromatic N) is 1. The Bertz CT molecular complexity index is 404. The number of carbonyl (C=O) groups excluding carboxylic acids is 1. The van der Waals surface area contributed by atoms with E-state index < -0.39 is 23.1 Å². The highest BCUT2D eigenvalue weighted by atomic mass is 35.5. The predicted octanol–water partition coefficient (Wildman–Crippen LogP) is 2.42. The fourth-order valence-electron chi connectivity index (χ4n) is 1.76. The molecular formula is C11H10ClF2NO. The minimum atomic E-state index is -0.831. The normalized spacial score (nSPS) is 20.2. The molecule has 0 aliphatic carbocycles. The highest BCUT2D eigenvalue weighted by Gasteiger charge is 2.28. The van der Waals surface area contributed by atoms with Gasteiger partial charge in [-0.05, 0) is 18.6 Å². The van der Waals surface area contributed by atoms with Crippen LogP contribution in [0.1, 0.15) is 16.8 Å². The Morgan fingerprint density at radius 3 is 2.50 bits per heavy atom. The molecule has 1 unspecified atom stereocenters. The van der Waals surface area contributed by atoms with Crippen molar-refractivity contribution in [2.24, 2.45) is 0 Å². The van der Waals surface area contributed by atoms with Crippen LogP contribution in [-0.4, -0.2) is 29.3 Å². The van der Waals surface area contributed by atoms with Crippen molar-refractivity contribution in [3.8, 4) is 0 Å². The molecule has 1 aromatic rings. The van der Waals surface area contributed by atoms with Gasteiger partial charge in [0.2, 0.25) is 0 Å². The summed E-state index contributed by atoms with van der Waals surface area (Å²) in [5.74, 6) is -2.29. The van der Waals surface area contributed by atoms with E-state index in [2.05, 4.69) is 0 Å². The molecule has 1 aliphatic rings. The maximum atomic E-state index is 13.3. The zero-order chi connectivity index (χ0) is 11.7. The first-order valence-electron chi connectivity index (χ1n) is 4.97. The van der Waals surface area contributed by atoms with Crippen LogP contribution in [0.5, 0.6) is 0 Å². The van der Waals surface area contributed by atoms with E-state index in [1.54, 1.807) is 0 Å². The van der Waals surface area contributed by atoms with Crippen molar-refractivity contribution in [1.82, 2.24) is 4.90 Å². The van der Waals surface area contributed by atoms with Crippen molar-refractivity contribution in [2.45, 2.75) is 11.8 Å². The summed E-state index contributed by atoms with van der Waals surface area (Å²) in [6.07, 6.45) is 0.656. The Morgan fingerprint density at radius 2 is 2.00 bits per heavy atom. The molecule has 1 amide bonds. The third-order valence-electron chi connectivity index (χ3n) is 2.59. The number of rotatable bonds is 1. The summed E-state index contributed by atoms with van der Waals surface area (Å²) < 4.78 is 26.7. The van der Waals surface area contributed by atoms with E-state index in [1.165, 1.54) is 11.0 Å². The first kappa shape index (κ1) is 11.3. The Labute approximate surface area is 96.8 Å². The number of carbonyl (C=O) groups is 1. The van der Waals surface area contributed by atoms with Gasteiger partial charge >= 0.3 is 0 Å². The summed E-state index contributed by atoms with van der Waals surface area (Å²) in [7, 11) is 0. The average molecular weight is 246 g/mol. The molecule has 5 heteroatoms. The van der Waals surface area contributed by atoms with E-state index >= 15 is 0 Å². The van der Waals surface area contributed by atoms with Crippen molar-refractivity contribution in [1.29, 1.82) is 0 Å². The molecule has 0 saturated carbocycles. The van der Waals surface area contributed by atoms with Crippen molar-refractivity contribution in [2.75, 3.05) is 13.1 Å². The van der Waals surface area contributed by atoms with Gasteiger partial charge in [0.25, 0.3) is 5.91 Å². The van der Waals surface area contributed by atoms with E-state index in [9.17, 15) is 13.6 Å². The van der Waals surface area contributed by atoms with E-state index in [4.69, 9.17) is 11.6 Å². The summed E-state index contributed by atoms with van der Waals surface area (Å²) in [4.78, 5) is 13.2. The fourth-order valence-corrected chi connectivity index (χ4v) is 2.03. The second-order valence-electron chi connectivity index (χ2n) is 3.73. The van der Waals surface area contributed by atoms with Gasteiger partial charge in [-0.15, -0.1) is 11.6 Å². The van der Waals surface area contributed by atoms with Gasteiger partial charge in [-0.25, -0.2) is 8.78 Å². The van der Waals surface area contributed by atoms with Gasteiger partial charge in [0, 0.05) is 13.1 Å². The van der Waals surface area contributed by atoms with Crippen molar-refractivity contribution in [3.63, 3.8) is 0 Å². The van der Waals surface area contributed by atoms with Crippen molar-refractivity contribution < 1.29 is 13.6 Å². The van der Waals surface area contributed by atoms with Gasteiger partial charge in [0.05, 0.1) is 5.38 Å². The molecule has 0 radical (unpaired) electrons. The number of amides is 1. The van der Waals surface area contributed by atoms with E-state index in [1.807, 2.05) is 0 Å². The van der Waals surface area contributed by atoms with Crippen LogP contribution in [0, 0.1) is 11.6 Å². The van der Waals surface area contributed by atoms with Crippen LogP contribution < -0.4 is 0 Å². The lowest BCUT2D eigenvalue weighted by atomic mass is 10.1. The fraction of sp³-hybridized carbons (Fsp3) is 0.364. The van der Waals surface area contributed by atoms with Gasteiger partial charge in [-0.2, -0.15) is 0 Å². The first-order valence-corrected chi connectivity index (χ1v) is 5.40. The van der Waals surface area contributed by atoms with Gasteiger partial charge < -0.3 is 4.90 Å². The number of hydrogen-bond acceptors (Lipinski definition) is 1. The van der Waals surface area contributed by atoms with Gasteiger partial charge in [0.1, 0.15) is 17.2 Å². The number of benzene rings is 1. The summed E-state index contributed by atoms with van der Waals surface area (Å²) in [6, 6.07) is 3.38. The topological polar surface area (TPSA) is 20.3 Å². The second-order valence-corrected chi connectivity index (χ2v) is 4.35. The predicted molar refractivity (Wildman–Crippen MR) is 56.5 cm³/mol. The molecule has 1 aromatic carbocycles. The van der Waals surface area contributed by atoms with E-state index in [0.29, 0.717) is 19.5 Å². The molecule has 1 aliphatic heterocycles. The minimum absolute atomic E-state index is 0.126. The summed E-state index contributed by atoms with van der Waals surface area (Å²) in [5.41, 5.74) is -0.492. The monoisotopic (exact) mass is 245 g/mol. The Morgan fingerprint density at radius 1 is 1.38 bits per heavy atom. The average Bonchev–Trinajstić information content (AvgIpc) is 2.64. The Balaban J connectivity index is 2.27. The second kappa shape index (κ2) is 4.37. The van der Waals surface area contributed by atoms with E-state index in [-0.39, 0.29) is 5.38 Å². The standard InChI is InChI=1S/C11H10ClF2NO/c12-7-4-5-15(6-7)11(16)10-8(13)2-1-3-9(10)14/h1-3,7H,4-6H2. The maximum Gasteiger partial charge on any atom is 0.259 e. The maximum absolute atomic E-state index is 13.3. The quantitative estimate of drug-likeness (QED) is 0.696. The van der Waals surface area contributed by atoms with Crippen LogP contribution in [0.4, 0.5) is 8.78 Å². The molecule has 1 fully saturated rings. The van der Waals surface area contributed by atoms with Crippen LogP contribution >= 0.6 is 11.6 Å². The molecule has 1 atom stereocenters. The molecule has 2 rings (SSSR count). The number of halogens is 3. The van der Waals surface area contributed by atoms with Crippen molar-refractivity contribution in [3.05, 3.63) is 35.4 Å². The minimum Gasteiger partial charge on any atom is -0.337 e. The number of alkyl halides is 1. The highest BCUT2D eigenvalue weighted by molar-refractivity contribution is 6.21. The molecular weight excluding hydrogens is 236 g/mol. The Kier molecular flexibility index (Phi) is 3.10. The molecule has 1 heterocycles. The van der Waals surface area contributed by atoms with Gasteiger partial charge in [-0.3, -0.25) is 4.79 Å². The van der Waals surface area contributed by atoms with Crippen LogP contribution in [0.15, 0.2) is 18.2 Å². The zero-order valence-electron chi connectivity index (χ0n) is 8.42. The van der Waals surface area contributed by atoms with Crippen LogP contribution in [0.25, 0.3) is 0 Å². The van der Waals surface area contributed by atoms with Crippen LogP contribution in [-0.2, 0) is 0 Å². The Hall–Kier alpha value is -1.16. The molecule has 16 heavy (non-hydrogen) atoms. The third kappa shape index (κ3) is 2.02. The highest BCUT2D eigenvalue weighted by Crippen LogP contribution is 2.20. The molecule has 0 aromatic heterocycles. The number of hydrogen-bond donors (Lipinski definition) is 0. The lowest BCUT2D eigenvalue weighted by Gasteiger charge is -2.16. The van der Waals surface area contributed by atoms with Crippen LogP contribution in [0.2, 0.25) is 0 Å². The molecule has 86 valence electrons. The lowest BCUT2D eigenvalue weighted by molar-refractivity contribution is 0.0783. The SMILES string of the molecule is O=C(c1c(F)cccc1F)N1CCC(Cl)C1. The summed E-state index contributed by atoms with van der Waals surface area (Å²) in [6.45, 7) is 0.787. The zero-order valence-corrected chi connectivity index (χ0v) is 9.18. The molecule has 2 nitrogen and oxygen atoms in total. The smallest absolute Gasteiger partial charge is 0.259 e. The van der Waals surface area contributed by atoms with E-state index in [0.717, 1.165) is 12.1 Å². The first-order chi connectivity index (χ1) is 7.59. The third-order valence-corrected chi connectivity index (χ3v) is 2.95. The molecule has 0 spiro atoms. The largest absolute Gasteiger partial charge is 0.337 e. The molecule has 0 bridgehead atoms. The molecule has 1 saturated heterocycles. The lowest BCUT2D eigenvalue weighted by Crippen LogP contribution is -2.30.